The summed E-state index contributed by atoms with van der Waals surface area (Å²) in [4.78, 5) is 42.5. The number of nitrogens with one attached hydrogen (secondary N) is 2. The molecule has 3 aliphatic heterocycles. The van der Waals surface area contributed by atoms with Crippen molar-refractivity contribution in [3.05, 3.63) is 59.6 Å². The van der Waals surface area contributed by atoms with E-state index < -0.39 is 41.0 Å². The predicted octanol–water partition coefficient (Wildman–Crippen LogP) is 3.06. The lowest BCUT2D eigenvalue weighted by atomic mass is 9.66. The number of ether oxygens (including phenoxy) is 1. The van der Waals surface area contributed by atoms with Crippen molar-refractivity contribution in [2.75, 3.05) is 17.2 Å². The molecule has 2 bridgehead atoms. The number of benzene rings is 2. The highest BCUT2D eigenvalue weighted by molar-refractivity contribution is 6.33. The SMILES string of the molecule is C[C@H](CO)N1C(=O)[C@@H]2[C@@H](C(=O)Nc3ccccc3)[C@@]3(C)CCC2(O3)C1C(=O)Nc1ccccc1Cl. The molecule has 3 saturated heterocycles. The van der Waals surface area contributed by atoms with Crippen LogP contribution in [0, 0.1) is 11.8 Å². The van der Waals surface area contributed by atoms with Gasteiger partial charge in [0.1, 0.15) is 11.6 Å². The Morgan fingerprint density at radius 2 is 1.80 bits per heavy atom. The van der Waals surface area contributed by atoms with Crippen LogP contribution in [0.15, 0.2) is 54.6 Å². The summed E-state index contributed by atoms with van der Waals surface area (Å²) in [5.41, 5.74) is -1.03. The lowest BCUT2D eigenvalue weighted by Gasteiger charge is -2.35. The minimum Gasteiger partial charge on any atom is -0.394 e. The maximum Gasteiger partial charge on any atom is 0.250 e. The molecule has 3 heterocycles. The van der Waals surface area contributed by atoms with Gasteiger partial charge in [-0.1, -0.05) is 41.9 Å². The number of aliphatic hydroxyl groups excluding tert-OH is 1. The average molecular weight is 498 g/mol. The van der Waals surface area contributed by atoms with E-state index in [0.29, 0.717) is 29.2 Å². The second kappa shape index (κ2) is 8.62. The summed E-state index contributed by atoms with van der Waals surface area (Å²) in [5.74, 6) is -2.76. The number of halogens is 1. The predicted molar refractivity (Wildman–Crippen MR) is 131 cm³/mol. The first kappa shape index (κ1) is 23.8. The van der Waals surface area contributed by atoms with Crippen molar-refractivity contribution >= 4 is 40.7 Å². The molecule has 35 heavy (non-hydrogen) atoms. The summed E-state index contributed by atoms with van der Waals surface area (Å²) < 4.78 is 6.54. The molecule has 0 aromatic heterocycles. The average Bonchev–Trinajstić information content (AvgIpc) is 3.41. The molecule has 3 amide bonds. The van der Waals surface area contributed by atoms with E-state index in [1.807, 2.05) is 25.1 Å². The number of nitrogens with zero attached hydrogens (tertiary/aromatic N) is 1. The Hall–Kier alpha value is -2.94. The van der Waals surface area contributed by atoms with Crippen LogP contribution in [0.4, 0.5) is 11.4 Å². The summed E-state index contributed by atoms with van der Waals surface area (Å²) in [6, 6.07) is 14.2. The summed E-state index contributed by atoms with van der Waals surface area (Å²) in [7, 11) is 0. The zero-order chi connectivity index (χ0) is 25.0. The zero-order valence-electron chi connectivity index (χ0n) is 19.5. The quantitative estimate of drug-likeness (QED) is 0.568. The molecule has 0 saturated carbocycles. The highest BCUT2D eigenvalue weighted by Crippen LogP contribution is 2.63. The van der Waals surface area contributed by atoms with E-state index >= 15 is 0 Å². The van der Waals surface area contributed by atoms with E-state index in [1.165, 1.54) is 4.90 Å². The van der Waals surface area contributed by atoms with Crippen molar-refractivity contribution in [1.29, 1.82) is 0 Å². The first-order chi connectivity index (χ1) is 16.7. The third-order valence-electron chi connectivity index (χ3n) is 7.66. The van der Waals surface area contributed by atoms with Gasteiger partial charge in [0, 0.05) is 5.69 Å². The summed E-state index contributed by atoms with van der Waals surface area (Å²) >= 11 is 6.26. The second-order valence-corrected chi connectivity index (χ2v) is 10.2. The van der Waals surface area contributed by atoms with Gasteiger partial charge >= 0.3 is 0 Å². The number of hydrogen-bond donors (Lipinski definition) is 3. The molecule has 8 nitrogen and oxygen atoms in total. The van der Waals surface area contributed by atoms with E-state index in [4.69, 9.17) is 16.3 Å². The smallest absolute Gasteiger partial charge is 0.250 e. The van der Waals surface area contributed by atoms with Crippen LogP contribution in [0.1, 0.15) is 26.7 Å². The van der Waals surface area contributed by atoms with Crippen molar-refractivity contribution in [1.82, 2.24) is 4.90 Å². The van der Waals surface area contributed by atoms with Crippen molar-refractivity contribution in [3.8, 4) is 0 Å². The molecule has 1 spiro atoms. The number of carbonyl (C=O) groups excluding carboxylic acids is 3. The summed E-state index contributed by atoms with van der Waals surface area (Å²) in [6.07, 6.45) is 0.977. The molecule has 2 aromatic carbocycles. The van der Waals surface area contributed by atoms with Gasteiger partial charge in [0.25, 0.3) is 0 Å². The number of amides is 3. The van der Waals surface area contributed by atoms with Crippen LogP contribution in [-0.2, 0) is 19.1 Å². The number of hydrogen-bond acceptors (Lipinski definition) is 5. The Bertz CT molecular complexity index is 1180. The Morgan fingerprint density at radius 3 is 2.49 bits per heavy atom. The molecule has 2 aromatic rings. The van der Waals surface area contributed by atoms with Crippen molar-refractivity contribution in [2.24, 2.45) is 11.8 Å². The Kier molecular flexibility index (Phi) is 5.86. The molecule has 0 aliphatic carbocycles. The van der Waals surface area contributed by atoms with E-state index in [-0.39, 0.29) is 18.4 Å². The fraction of sp³-hybridized carbons (Fsp3) is 0.423. The molecule has 2 unspecified atom stereocenters. The first-order valence-electron chi connectivity index (χ1n) is 11.8. The van der Waals surface area contributed by atoms with Crippen LogP contribution in [0.3, 0.4) is 0 Å². The first-order valence-corrected chi connectivity index (χ1v) is 12.1. The number of likely N-dealkylation sites (tertiary alicyclic amines) is 1. The molecule has 3 fully saturated rings. The van der Waals surface area contributed by atoms with Gasteiger partial charge in [-0.25, -0.2) is 0 Å². The summed E-state index contributed by atoms with van der Waals surface area (Å²) in [5, 5.41) is 16.1. The molecule has 5 rings (SSSR count). The van der Waals surface area contributed by atoms with Crippen LogP contribution >= 0.6 is 11.6 Å². The number of anilines is 2. The standard InChI is InChI=1S/C26H28ClN3O5/c1-15(14-31)30-21(23(33)29-18-11-7-6-10-17(18)27)26-13-12-25(2,35-26)19(20(26)24(30)34)22(32)28-16-8-4-3-5-9-16/h3-11,15,19-21,31H,12-14H2,1-2H3,(H,28,32)(H,29,33)/t15-,19+,20+,21?,25-,26?/m1/s1. The fourth-order valence-corrected chi connectivity index (χ4v) is 6.31. The van der Waals surface area contributed by atoms with E-state index in [2.05, 4.69) is 10.6 Å². The molecule has 9 heteroatoms. The van der Waals surface area contributed by atoms with Crippen LogP contribution in [0.2, 0.25) is 5.02 Å². The number of aliphatic hydroxyl groups is 1. The molecule has 184 valence electrons. The number of fused-ring (bicyclic) bond motifs is 1. The largest absolute Gasteiger partial charge is 0.394 e. The Morgan fingerprint density at radius 1 is 1.11 bits per heavy atom. The van der Waals surface area contributed by atoms with E-state index in [1.54, 1.807) is 43.3 Å². The second-order valence-electron chi connectivity index (χ2n) is 9.83. The minimum atomic E-state index is -1.18. The van der Waals surface area contributed by atoms with Gasteiger partial charge in [0.15, 0.2) is 0 Å². The maximum atomic E-state index is 13.9. The Labute approximate surface area is 208 Å². The number of carbonyl (C=O) groups is 3. The third kappa shape index (κ3) is 3.63. The molecular weight excluding hydrogens is 470 g/mol. The highest BCUT2D eigenvalue weighted by Gasteiger charge is 2.78. The number of rotatable bonds is 6. The number of para-hydroxylation sites is 2. The van der Waals surface area contributed by atoms with Crippen LogP contribution in [0.5, 0.6) is 0 Å². The molecule has 0 radical (unpaired) electrons. The van der Waals surface area contributed by atoms with Crippen LogP contribution in [0.25, 0.3) is 0 Å². The molecule has 3 aliphatic rings. The van der Waals surface area contributed by atoms with E-state index in [0.717, 1.165) is 0 Å². The fourth-order valence-electron chi connectivity index (χ4n) is 6.13. The van der Waals surface area contributed by atoms with Gasteiger partial charge in [-0.3, -0.25) is 14.4 Å². The molecule has 6 atom stereocenters. The van der Waals surface area contributed by atoms with Crippen molar-refractivity contribution in [3.63, 3.8) is 0 Å². The van der Waals surface area contributed by atoms with Gasteiger partial charge in [-0.05, 0) is 51.0 Å². The molecular formula is C26H28ClN3O5. The Balaban J connectivity index is 1.53. The van der Waals surface area contributed by atoms with Gasteiger partial charge < -0.3 is 25.4 Å². The van der Waals surface area contributed by atoms with Crippen LogP contribution in [-0.4, -0.2) is 57.6 Å². The lowest BCUT2D eigenvalue weighted by Crippen LogP contribution is -2.55. The van der Waals surface area contributed by atoms with Gasteiger partial charge in [-0.15, -0.1) is 0 Å². The topological polar surface area (TPSA) is 108 Å². The van der Waals surface area contributed by atoms with Crippen molar-refractivity contribution < 1.29 is 24.2 Å². The maximum absolute atomic E-state index is 13.9. The van der Waals surface area contributed by atoms with Gasteiger partial charge in [-0.2, -0.15) is 0 Å². The normalized spacial score (nSPS) is 31.8. The minimum absolute atomic E-state index is 0.317. The monoisotopic (exact) mass is 497 g/mol. The molecule has 3 N–H and O–H groups in total. The van der Waals surface area contributed by atoms with E-state index in [9.17, 15) is 19.5 Å². The van der Waals surface area contributed by atoms with Crippen molar-refractivity contribution in [2.45, 2.75) is 50.0 Å². The zero-order valence-corrected chi connectivity index (χ0v) is 20.3. The lowest BCUT2D eigenvalue weighted by molar-refractivity contribution is -0.146. The summed E-state index contributed by atoms with van der Waals surface area (Å²) in [6.45, 7) is 3.19. The van der Waals surface area contributed by atoms with Gasteiger partial charge in [0.05, 0.1) is 40.8 Å². The van der Waals surface area contributed by atoms with Gasteiger partial charge in [0.2, 0.25) is 17.7 Å². The highest BCUT2D eigenvalue weighted by atomic mass is 35.5. The third-order valence-corrected chi connectivity index (χ3v) is 7.99. The van der Waals surface area contributed by atoms with Crippen LogP contribution < -0.4 is 10.6 Å².